The van der Waals surface area contributed by atoms with Crippen molar-refractivity contribution in [3.63, 3.8) is 0 Å². The van der Waals surface area contributed by atoms with Gasteiger partial charge in [-0.2, -0.15) is 5.10 Å². The topological polar surface area (TPSA) is 73.6 Å². The lowest BCUT2D eigenvalue weighted by molar-refractivity contribution is 0.0715. The zero-order valence-electron chi connectivity index (χ0n) is 14.5. The summed E-state index contributed by atoms with van der Waals surface area (Å²) in [7, 11) is 0. The van der Waals surface area contributed by atoms with Crippen LogP contribution in [0.3, 0.4) is 0 Å². The first kappa shape index (κ1) is 17.4. The quantitative estimate of drug-likeness (QED) is 0.861. The van der Waals surface area contributed by atoms with Crippen LogP contribution in [0.2, 0.25) is 0 Å². The third-order valence-corrected chi connectivity index (χ3v) is 4.35. The number of anilines is 1. The standard InChI is InChI=1S/C18H25N5O2/c1-15-4-2-5-16(12-15)20-18(25)22-10-8-21(9-11-22)13-17(24)14-23-7-3-6-19-23/h2-7,12,17,24H,8-11,13-14H2,1H3,(H,20,25). The van der Waals surface area contributed by atoms with Gasteiger partial charge in [-0.05, 0) is 30.7 Å². The van der Waals surface area contributed by atoms with Crippen LogP contribution in [0.15, 0.2) is 42.7 Å². The molecule has 1 aliphatic heterocycles. The van der Waals surface area contributed by atoms with Gasteiger partial charge in [0.1, 0.15) is 0 Å². The van der Waals surface area contributed by atoms with Crippen molar-refractivity contribution in [3.05, 3.63) is 48.3 Å². The number of aryl methyl sites for hydroxylation is 1. The summed E-state index contributed by atoms with van der Waals surface area (Å²) in [5, 5.41) is 17.2. The van der Waals surface area contributed by atoms with Gasteiger partial charge in [-0.25, -0.2) is 4.79 Å². The third-order valence-electron chi connectivity index (χ3n) is 4.35. The summed E-state index contributed by atoms with van der Waals surface area (Å²) < 4.78 is 1.73. The average Bonchev–Trinajstić information content (AvgIpc) is 3.08. The van der Waals surface area contributed by atoms with E-state index in [1.54, 1.807) is 10.9 Å². The number of urea groups is 1. The maximum absolute atomic E-state index is 12.4. The highest BCUT2D eigenvalue weighted by Crippen LogP contribution is 2.12. The van der Waals surface area contributed by atoms with Gasteiger partial charge in [0, 0.05) is 50.8 Å². The van der Waals surface area contributed by atoms with E-state index >= 15 is 0 Å². The molecule has 1 unspecified atom stereocenters. The Labute approximate surface area is 147 Å². The molecular formula is C18H25N5O2. The number of carbonyl (C=O) groups is 1. The summed E-state index contributed by atoms with van der Waals surface area (Å²) in [6, 6.07) is 9.57. The van der Waals surface area contributed by atoms with Crippen molar-refractivity contribution < 1.29 is 9.90 Å². The smallest absolute Gasteiger partial charge is 0.321 e. The van der Waals surface area contributed by atoms with Crippen LogP contribution in [-0.4, -0.2) is 69.5 Å². The number of carbonyl (C=O) groups excluding carboxylic acids is 1. The van der Waals surface area contributed by atoms with Gasteiger partial charge in [0.15, 0.2) is 0 Å². The first-order valence-electron chi connectivity index (χ1n) is 8.60. The molecule has 3 rings (SSSR count). The summed E-state index contributed by atoms with van der Waals surface area (Å²) in [4.78, 5) is 16.4. The second kappa shape index (κ2) is 8.13. The summed E-state index contributed by atoms with van der Waals surface area (Å²) in [6.07, 6.45) is 3.09. The lowest BCUT2D eigenvalue weighted by Crippen LogP contribution is -2.51. The molecule has 7 nitrogen and oxygen atoms in total. The number of nitrogens with one attached hydrogen (secondary N) is 1. The van der Waals surface area contributed by atoms with E-state index < -0.39 is 6.10 Å². The molecule has 25 heavy (non-hydrogen) atoms. The Morgan fingerprint density at radius 1 is 1.24 bits per heavy atom. The maximum Gasteiger partial charge on any atom is 0.321 e. The number of hydrogen-bond donors (Lipinski definition) is 2. The van der Waals surface area contributed by atoms with Crippen molar-refractivity contribution in [2.24, 2.45) is 0 Å². The van der Waals surface area contributed by atoms with Crippen LogP contribution < -0.4 is 5.32 Å². The van der Waals surface area contributed by atoms with Gasteiger partial charge in [0.2, 0.25) is 0 Å². The minimum Gasteiger partial charge on any atom is -0.390 e. The summed E-state index contributed by atoms with van der Waals surface area (Å²) >= 11 is 0. The van der Waals surface area contributed by atoms with E-state index in [9.17, 15) is 9.90 Å². The van der Waals surface area contributed by atoms with E-state index in [4.69, 9.17) is 0 Å². The zero-order chi connectivity index (χ0) is 17.6. The fraction of sp³-hybridized carbons (Fsp3) is 0.444. The Morgan fingerprint density at radius 3 is 2.72 bits per heavy atom. The molecule has 134 valence electrons. The highest BCUT2D eigenvalue weighted by Gasteiger charge is 2.22. The number of β-amino-alcohol motifs (C(OH)–C–C–N with tert-alkyl or cyclic N) is 1. The Morgan fingerprint density at radius 2 is 2.04 bits per heavy atom. The van der Waals surface area contributed by atoms with E-state index in [1.165, 1.54) is 0 Å². The van der Waals surface area contributed by atoms with Crippen LogP contribution in [0.4, 0.5) is 10.5 Å². The van der Waals surface area contributed by atoms with E-state index in [0.717, 1.165) is 24.3 Å². The van der Waals surface area contributed by atoms with E-state index in [-0.39, 0.29) is 6.03 Å². The molecule has 2 N–H and O–H groups in total. The zero-order valence-corrected chi connectivity index (χ0v) is 14.5. The molecule has 7 heteroatoms. The molecule has 0 aliphatic carbocycles. The number of benzene rings is 1. The molecule has 2 aromatic rings. The monoisotopic (exact) mass is 343 g/mol. The predicted molar refractivity (Wildman–Crippen MR) is 96.4 cm³/mol. The maximum atomic E-state index is 12.4. The van der Waals surface area contributed by atoms with Crippen LogP contribution in [0.1, 0.15) is 5.56 Å². The molecule has 1 aliphatic rings. The highest BCUT2D eigenvalue weighted by molar-refractivity contribution is 5.89. The second-order valence-electron chi connectivity index (χ2n) is 6.47. The fourth-order valence-corrected chi connectivity index (χ4v) is 3.04. The Hall–Kier alpha value is -2.38. The van der Waals surface area contributed by atoms with E-state index in [2.05, 4.69) is 15.3 Å². The predicted octanol–water partition coefficient (Wildman–Crippen LogP) is 1.40. The number of nitrogens with zero attached hydrogens (tertiary/aromatic N) is 4. The molecule has 1 aromatic heterocycles. The summed E-state index contributed by atoms with van der Waals surface area (Å²) in [5.41, 5.74) is 1.94. The summed E-state index contributed by atoms with van der Waals surface area (Å²) in [6.45, 7) is 5.92. The fourth-order valence-electron chi connectivity index (χ4n) is 3.04. The highest BCUT2D eigenvalue weighted by atomic mass is 16.3. The molecule has 0 bridgehead atoms. The number of piperazine rings is 1. The van der Waals surface area contributed by atoms with Crippen molar-refractivity contribution in [3.8, 4) is 0 Å². The van der Waals surface area contributed by atoms with Gasteiger partial charge in [-0.15, -0.1) is 0 Å². The van der Waals surface area contributed by atoms with Crippen molar-refractivity contribution in [2.45, 2.75) is 19.6 Å². The van der Waals surface area contributed by atoms with E-state index in [0.29, 0.717) is 26.2 Å². The first-order valence-corrected chi connectivity index (χ1v) is 8.60. The molecule has 0 radical (unpaired) electrons. The molecule has 0 saturated carbocycles. The number of amides is 2. The summed E-state index contributed by atoms with van der Waals surface area (Å²) in [5.74, 6) is 0. The van der Waals surface area contributed by atoms with Gasteiger partial charge in [-0.1, -0.05) is 12.1 Å². The Kier molecular flexibility index (Phi) is 5.67. The molecule has 0 spiro atoms. The van der Waals surface area contributed by atoms with Gasteiger partial charge < -0.3 is 15.3 Å². The van der Waals surface area contributed by atoms with Gasteiger partial charge >= 0.3 is 6.03 Å². The van der Waals surface area contributed by atoms with Crippen LogP contribution in [0.5, 0.6) is 0 Å². The van der Waals surface area contributed by atoms with Gasteiger partial charge in [0.25, 0.3) is 0 Å². The second-order valence-corrected chi connectivity index (χ2v) is 6.47. The lowest BCUT2D eigenvalue weighted by Gasteiger charge is -2.35. The minimum atomic E-state index is -0.465. The molecule has 2 amide bonds. The number of aliphatic hydroxyl groups is 1. The van der Waals surface area contributed by atoms with Crippen LogP contribution >= 0.6 is 0 Å². The van der Waals surface area contributed by atoms with E-state index in [1.807, 2.05) is 48.4 Å². The van der Waals surface area contributed by atoms with Crippen molar-refractivity contribution >= 4 is 11.7 Å². The largest absolute Gasteiger partial charge is 0.390 e. The lowest BCUT2D eigenvalue weighted by atomic mass is 10.2. The molecule has 1 atom stereocenters. The Balaban J connectivity index is 1.42. The van der Waals surface area contributed by atoms with Crippen LogP contribution in [0, 0.1) is 6.92 Å². The van der Waals surface area contributed by atoms with Crippen molar-refractivity contribution in [2.75, 3.05) is 38.0 Å². The van der Waals surface area contributed by atoms with Crippen molar-refractivity contribution in [1.29, 1.82) is 0 Å². The van der Waals surface area contributed by atoms with Gasteiger partial charge in [-0.3, -0.25) is 9.58 Å². The minimum absolute atomic E-state index is 0.0673. The molecule has 1 fully saturated rings. The van der Waals surface area contributed by atoms with Gasteiger partial charge in [0.05, 0.1) is 12.6 Å². The molecule has 2 heterocycles. The Bertz CT molecular complexity index is 681. The molecule has 1 aromatic carbocycles. The van der Waals surface area contributed by atoms with Crippen molar-refractivity contribution in [1.82, 2.24) is 19.6 Å². The van der Waals surface area contributed by atoms with Crippen LogP contribution in [-0.2, 0) is 6.54 Å². The number of aliphatic hydroxyl groups excluding tert-OH is 1. The van der Waals surface area contributed by atoms with Crippen LogP contribution in [0.25, 0.3) is 0 Å². The SMILES string of the molecule is Cc1cccc(NC(=O)N2CCN(CC(O)Cn3cccn3)CC2)c1. The normalized spacial score (nSPS) is 16.6. The number of rotatable bonds is 5. The molecular weight excluding hydrogens is 318 g/mol. The molecule has 1 saturated heterocycles. The number of aromatic nitrogens is 2. The first-order chi connectivity index (χ1) is 12.1. The number of hydrogen-bond acceptors (Lipinski definition) is 4. The average molecular weight is 343 g/mol. The third kappa shape index (κ3) is 5.04.